The minimum absolute atomic E-state index is 0.363. The molecule has 2 rings (SSSR count). The summed E-state index contributed by atoms with van der Waals surface area (Å²) in [6, 6.07) is 8.74. The van der Waals surface area contributed by atoms with Gasteiger partial charge in [0.2, 0.25) is 0 Å². The van der Waals surface area contributed by atoms with Crippen LogP contribution in [-0.4, -0.2) is 12.6 Å². The van der Waals surface area contributed by atoms with E-state index in [0.717, 1.165) is 25.2 Å². The lowest BCUT2D eigenvalue weighted by Crippen LogP contribution is -2.41. The van der Waals surface area contributed by atoms with Gasteiger partial charge in [0.05, 0.1) is 6.61 Å². The summed E-state index contributed by atoms with van der Waals surface area (Å²) in [5.41, 5.74) is 4.36. The van der Waals surface area contributed by atoms with Crippen LogP contribution in [0.15, 0.2) is 24.3 Å². The van der Waals surface area contributed by atoms with E-state index >= 15 is 0 Å². The monoisotopic (exact) mass is 276 g/mol. The fourth-order valence-corrected chi connectivity index (χ4v) is 3.16. The second kappa shape index (κ2) is 8.28. The SMILES string of the molecule is CCCCCCCC(NN)C1CCOc2ccccc21. The summed E-state index contributed by atoms with van der Waals surface area (Å²) >= 11 is 0. The number of nitrogens with two attached hydrogens (primary N) is 1. The Morgan fingerprint density at radius 3 is 2.85 bits per heavy atom. The summed E-state index contributed by atoms with van der Waals surface area (Å²) in [6.07, 6.45) is 8.77. The molecule has 1 aliphatic heterocycles. The van der Waals surface area contributed by atoms with E-state index in [-0.39, 0.29) is 0 Å². The van der Waals surface area contributed by atoms with Crippen LogP contribution in [0.2, 0.25) is 0 Å². The van der Waals surface area contributed by atoms with Crippen LogP contribution >= 0.6 is 0 Å². The number of hydrazine groups is 1. The van der Waals surface area contributed by atoms with Crippen molar-refractivity contribution in [2.75, 3.05) is 6.61 Å². The van der Waals surface area contributed by atoms with E-state index in [1.165, 1.54) is 37.7 Å². The van der Waals surface area contributed by atoms with Gasteiger partial charge in [-0.2, -0.15) is 0 Å². The van der Waals surface area contributed by atoms with Gasteiger partial charge in [-0.05, 0) is 24.5 Å². The molecule has 0 saturated carbocycles. The first-order valence-electron chi connectivity index (χ1n) is 8.04. The summed E-state index contributed by atoms with van der Waals surface area (Å²) in [7, 11) is 0. The number of hydrogen-bond acceptors (Lipinski definition) is 3. The largest absolute Gasteiger partial charge is 0.493 e. The van der Waals surface area contributed by atoms with Crippen LogP contribution in [0.1, 0.15) is 63.4 Å². The van der Waals surface area contributed by atoms with Crippen molar-refractivity contribution in [1.29, 1.82) is 0 Å². The molecule has 3 heteroatoms. The zero-order valence-electron chi connectivity index (χ0n) is 12.6. The third kappa shape index (κ3) is 3.97. The molecule has 0 bridgehead atoms. The van der Waals surface area contributed by atoms with Gasteiger partial charge >= 0.3 is 0 Å². The lowest BCUT2D eigenvalue weighted by Gasteiger charge is -2.32. The van der Waals surface area contributed by atoms with Crippen molar-refractivity contribution in [1.82, 2.24) is 5.43 Å². The Morgan fingerprint density at radius 2 is 2.05 bits per heavy atom. The highest BCUT2D eigenvalue weighted by atomic mass is 16.5. The van der Waals surface area contributed by atoms with Gasteiger partial charge in [-0.15, -0.1) is 0 Å². The summed E-state index contributed by atoms with van der Waals surface area (Å²) in [4.78, 5) is 0. The molecule has 3 nitrogen and oxygen atoms in total. The van der Waals surface area contributed by atoms with E-state index in [1.54, 1.807) is 0 Å². The van der Waals surface area contributed by atoms with Crippen molar-refractivity contribution >= 4 is 0 Å². The number of unbranched alkanes of at least 4 members (excludes halogenated alkanes) is 4. The third-order valence-electron chi connectivity index (χ3n) is 4.32. The zero-order valence-corrected chi connectivity index (χ0v) is 12.6. The van der Waals surface area contributed by atoms with Crippen molar-refractivity contribution in [3.05, 3.63) is 29.8 Å². The molecule has 0 aromatic heterocycles. The van der Waals surface area contributed by atoms with E-state index in [0.29, 0.717) is 12.0 Å². The van der Waals surface area contributed by atoms with Gasteiger partial charge in [0, 0.05) is 12.0 Å². The standard InChI is InChI=1S/C17H28N2O/c1-2-3-4-5-6-10-16(19-18)14-12-13-20-17-11-8-7-9-15(14)17/h7-9,11,14,16,19H,2-6,10,12-13,18H2,1H3. The Balaban J connectivity index is 1.91. The topological polar surface area (TPSA) is 47.3 Å². The molecule has 20 heavy (non-hydrogen) atoms. The molecule has 1 aromatic rings. The van der Waals surface area contributed by atoms with Crippen LogP contribution in [0.3, 0.4) is 0 Å². The number of ether oxygens (including phenoxy) is 1. The molecular weight excluding hydrogens is 248 g/mol. The van der Waals surface area contributed by atoms with Crippen LogP contribution in [0.25, 0.3) is 0 Å². The smallest absolute Gasteiger partial charge is 0.122 e. The highest BCUT2D eigenvalue weighted by Crippen LogP contribution is 2.36. The van der Waals surface area contributed by atoms with Crippen molar-refractivity contribution in [3.8, 4) is 5.75 Å². The minimum Gasteiger partial charge on any atom is -0.493 e. The van der Waals surface area contributed by atoms with Crippen LogP contribution in [0, 0.1) is 0 Å². The number of fused-ring (bicyclic) bond motifs is 1. The molecule has 2 atom stereocenters. The summed E-state index contributed by atoms with van der Waals surface area (Å²) in [5.74, 6) is 7.33. The predicted molar refractivity (Wildman–Crippen MR) is 83.8 cm³/mol. The second-order valence-electron chi connectivity index (χ2n) is 5.76. The Labute approximate surface area is 122 Å². The maximum atomic E-state index is 5.81. The molecule has 0 amide bonds. The Kier molecular flexibility index (Phi) is 6.34. The second-order valence-corrected chi connectivity index (χ2v) is 5.76. The zero-order chi connectivity index (χ0) is 14.2. The lowest BCUT2D eigenvalue weighted by atomic mass is 9.84. The normalized spacial score (nSPS) is 19.2. The van der Waals surface area contributed by atoms with E-state index < -0.39 is 0 Å². The summed E-state index contributed by atoms with van der Waals surface area (Å²) in [6.45, 7) is 3.05. The molecular formula is C17H28N2O. The highest BCUT2D eigenvalue weighted by Gasteiger charge is 2.27. The van der Waals surface area contributed by atoms with E-state index in [2.05, 4.69) is 30.5 Å². The van der Waals surface area contributed by atoms with Crippen molar-refractivity contribution in [2.24, 2.45) is 5.84 Å². The van der Waals surface area contributed by atoms with Crippen molar-refractivity contribution in [3.63, 3.8) is 0 Å². The van der Waals surface area contributed by atoms with Crippen LogP contribution < -0.4 is 16.0 Å². The molecule has 0 fully saturated rings. The first kappa shape index (κ1) is 15.3. The summed E-state index contributed by atoms with van der Waals surface area (Å²) in [5, 5.41) is 0. The molecule has 112 valence electrons. The van der Waals surface area contributed by atoms with Gasteiger partial charge in [-0.1, -0.05) is 57.2 Å². The molecule has 0 saturated heterocycles. The Morgan fingerprint density at radius 1 is 1.25 bits per heavy atom. The van der Waals surface area contributed by atoms with Gasteiger partial charge in [0.25, 0.3) is 0 Å². The van der Waals surface area contributed by atoms with E-state index in [9.17, 15) is 0 Å². The van der Waals surface area contributed by atoms with Gasteiger partial charge in [-0.25, -0.2) is 0 Å². The van der Waals surface area contributed by atoms with Gasteiger partial charge in [0.15, 0.2) is 0 Å². The Hall–Kier alpha value is -1.06. The van der Waals surface area contributed by atoms with E-state index in [1.807, 2.05) is 6.07 Å². The highest BCUT2D eigenvalue weighted by molar-refractivity contribution is 5.38. The molecule has 2 unspecified atom stereocenters. The predicted octanol–water partition coefficient (Wildman–Crippen LogP) is 3.75. The Bertz CT molecular complexity index is 394. The first-order valence-corrected chi connectivity index (χ1v) is 8.04. The molecule has 1 aromatic carbocycles. The third-order valence-corrected chi connectivity index (χ3v) is 4.32. The molecule has 1 aliphatic rings. The van der Waals surface area contributed by atoms with Gasteiger partial charge in [0.1, 0.15) is 5.75 Å². The maximum Gasteiger partial charge on any atom is 0.122 e. The van der Waals surface area contributed by atoms with Crippen molar-refractivity contribution in [2.45, 2.75) is 63.8 Å². The quantitative estimate of drug-likeness (QED) is 0.432. The number of para-hydroxylation sites is 1. The van der Waals surface area contributed by atoms with Crippen LogP contribution in [0.4, 0.5) is 0 Å². The number of rotatable bonds is 8. The molecule has 0 radical (unpaired) electrons. The fourth-order valence-electron chi connectivity index (χ4n) is 3.16. The van der Waals surface area contributed by atoms with Gasteiger partial charge in [-0.3, -0.25) is 11.3 Å². The van der Waals surface area contributed by atoms with Crippen LogP contribution in [-0.2, 0) is 0 Å². The fraction of sp³-hybridized carbons (Fsp3) is 0.647. The van der Waals surface area contributed by atoms with E-state index in [4.69, 9.17) is 10.6 Å². The van der Waals surface area contributed by atoms with Crippen LogP contribution in [0.5, 0.6) is 5.75 Å². The number of hydrogen-bond donors (Lipinski definition) is 2. The van der Waals surface area contributed by atoms with Crippen molar-refractivity contribution < 1.29 is 4.74 Å². The average molecular weight is 276 g/mol. The first-order chi connectivity index (χ1) is 9.86. The molecule has 0 spiro atoms. The summed E-state index contributed by atoms with van der Waals surface area (Å²) < 4.78 is 5.74. The maximum absolute atomic E-state index is 5.81. The molecule has 1 heterocycles. The number of nitrogens with one attached hydrogen (secondary N) is 1. The van der Waals surface area contributed by atoms with Gasteiger partial charge < -0.3 is 4.74 Å². The number of benzene rings is 1. The molecule has 0 aliphatic carbocycles. The minimum atomic E-state index is 0.363. The lowest BCUT2D eigenvalue weighted by molar-refractivity contribution is 0.240. The average Bonchev–Trinajstić information content (AvgIpc) is 2.51. The molecule has 3 N–H and O–H groups in total.